The summed E-state index contributed by atoms with van der Waals surface area (Å²) in [5, 5.41) is 9.51. The third-order valence-corrected chi connectivity index (χ3v) is 2.30. The van der Waals surface area contributed by atoms with Gasteiger partial charge in [0.2, 0.25) is 6.41 Å². The summed E-state index contributed by atoms with van der Waals surface area (Å²) in [5.41, 5.74) is 6.82. The molecule has 1 amide bonds. The van der Waals surface area contributed by atoms with Crippen LogP contribution in [0.3, 0.4) is 0 Å². The third-order valence-electron chi connectivity index (χ3n) is 2.30. The number of amidine groups is 1. The summed E-state index contributed by atoms with van der Waals surface area (Å²) in [4.78, 5) is 10.4. The number of hydrogen-bond donors (Lipinski definition) is 3. The second-order valence-electron chi connectivity index (χ2n) is 3.99. The van der Waals surface area contributed by atoms with Crippen LogP contribution in [0.5, 0.6) is 0 Å². The zero-order chi connectivity index (χ0) is 14.5. The fourth-order valence-electron chi connectivity index (χ4n) is 1.39. The van der Waals surface area contributed by atoms with Gasteiger partial charge in [-0.2, -0.15) is 0 Å². The first-order valence-corrected chi connectivity index (χ1v) is 6.33. The first-order chi connectivity index (χ1) is 9.10. The Labute approximate surface area is 114 Å². The van der Waals surface area contributed by atoms with Crippen LogP contribution in [0.4, 0.5) is 0 Å². The number of ether oxygens (including phenoxy) is 1. The number of carbonyl (C=O) groups excluding carboxylic acids is 1. The quantitative estimate of drug-likeness (QED) is 0.186. The average Bonchev–Trinajstić information content (AvgIpc) is 2.35. The molecule has 0 atom stereocenters. The van der Waals surface area contributed by atoms with E-state index in [9.17, 15) is 4.79 Å². The molecule has 5 nitrogen and oxygen atoms in total. The number of carbonyl (C=O) groups is 1. The largest absolute Gasteiger partial charge is 0.466 e. The van der Waals surface area contributed by atoms with Crippen LogP contribution in [0.15, 0.2) is 36.1 Å². The molecule has 0 saturated carbocycles. The van der Waals surface area contributed by atoms with E-state index in [-0.39, 0.29) is 6.02 Å². The minimum atomic E-state index is -0.243. The number of unbranched alkanes of at least 4 members (excludes halogenated alkanes) is 1. The van der Waals surface area contributed by atoms with E-state index in [0.717, 1.165) is 37.0 Å². The van der Waals surface area contributed by atoms with Gasteiger partial charge in [-0.15, -0.1) is 0 Å². The van der Waals surface area contributed by atoms with Crippen LogP contribution >= 0.6 is 0 Å². The fourth-order valence-corrected chi connectivity index (χ4v) is 1.39. The Balaban J connectivity index is 3.92. The predicted molar refractivity (Wildman–Crippen MR) is 77.6 cm³/mol. The Hall–Kier alpha value is -2.04. The molecule has 106 valence electrons. The van der Waals surface area contributed by atoms with Crippen molar-refractivity contribution in [3.63, 3.8) is 0 Å². The lowest BCUT2D eigenvalue weighted by Gasteiger charge is -2.04. The van der Waals surface area contributed by atoms with Crippen LogP contribution in [0, 0.1) is 5.41 Å². The summed E-state index contributed by atoms with van der Waals surface area (Å²) >= 11 is 0. The van der Waals surface area contributed by atoms with Crippen molar-refractivity contribution in [1.29, 1.82) is 5.41 Å². The lowest BCUT2D eigenvalue weighted by atomic mass is 10.1. The molecule has 0 aliphatic heterocycles. The number of nitrogens with two attached hydrogens (primary N) is 1. The van der Waals surface area contributed by atoms with E-state index < -0.39 is 0 Å². The van der Waals surface area contributed by atoms with Crippen LogP contribution in [0.25, 0.3) is 0 Å². The summed E-state index contributed by atoms with van der Waals surface area (Å²) < 4.78 is 4.84. The van der Waals surface area contributed by atoms with Gasteiger partial charge in [0, 0.05) is 5.70 Å². The maximum absolute atomic E-state index is 10.4. The SMILES string of the molecule is C=C(C=CC(=CCC)NC=O)CCCCOC(=N)N. The van der Waals surface area contributed by atoms with Crippen molar-refractivity contribution in [3.8, 4) is 0 Å². The van der Waals surface area contributed by atoms with Gasteiger partial charge in [-0.05, 0) is 31.8 Å². The summed E-state index contributed by atoms with van der Waals surface area (Å²) in [6, 6.07) is -0.243. The zero-order valence-electron chi connectivity index (χ0n) is 11.4. The molecule has 0 unspecified atom stereocenters. The lowest BCUT2D eigenvalue weighted by molar-refractivity contribution is -0.108. The predicted octanol–water partition coefficient (Wildman–Crippen LogP) is 2.22. The molecule has 0 aromatic carbocycles. The number of rotatable bonds is 10. The second-order valence-corrected chi connectivity index (χ2v) is 3.99. The summed E-state index contributed by atoms with van der Waals surface area (Å²) in [6.07, 6.45) is 9.78. The number of nitrogens with one attached hydrogen (secondary N) is 2. The van der Waals surface area contributed by atoms with Crippen molar-refractivity contribution in [1.82, 2.24) is 5.32 Å². The molecule has 0 aromatic heterocycles. The Kier molecular flexibility index (Phi) is 9.88. The molecule has 0 heterocycles. The van der Waals surface area contributed by atoms with Crippen molar-refractivity contribution in [2.45, 2.75) is 32.6 Å². The molecule has 0 aliphatic carbocycles. The van der Waals surface area contributed by atoms with Gasteiger partial charge in [-0.3, -0.25) is 10.2 Å². The van der Waals surface area contributed by atoms with E-state index in [1.165, 1.54) is 0 Å². The summed E-state index contributed by atoms with van der Waals surface area (Å²) in [6.45, 7) is 6.40. The molecule has 19 heavy (non-hydrogen) atoms. The van der Waals surface area contributed by atoms with Crippen LogP contribution in [-0.4, -0.2) is 19.0 Å². The normalized spacial score (nSPS) is 11.3. The standard InChI is InChI=1S/C14H23N3O2/c1-3-6-13(17-11-18)9-8-12(2)7-4-5-10-19-14(15)16/h6,8-9,11H,2-5,7,10H2,1H3,(H3,15,16)(H,17,18). The molecule has 0 rings (SSSR count). The van der Waals surface area contributed by atoms with Gasteiger partial charge < -0.3 is 15.8 Å². The topological polar surface area (TPSA) is 88.2 Å². The first kappa shape index (κ1) is 17.0. The molecular weight excluding hydrogens is 242 g/mol. The van der Waals surface area contributed by atoms with Gasteiger partial charge in [0.1, 0.15) is 0 Å². The van der Waals surface area contributed by atoms with Gasteiger partial charge in [-0.25, -0.2) is 0 Å². The Morgan fingerprint density at radius 3 is 2.74 bits per heavy atom. The van der Waals surface area contributed by atoms with E-state index in [1.54, 1.807) is 0 Å². The molecule has 0 radical (unpaired) electrons. The number of allylic oxidation sites excluding steroid dienone is 4. The highest BCUT2D eigenvalue weighted by atomic mass is 16.5. The first-order valence-electron chi connectivity index (χ1n) is 6.33. The minimum Gasteiger partial charge on any atom is -0.466 e. The van der Waals surface area contributed by atoms with Gasteiger partial charge in [0.05, 0.1) is 6.61 Å². The lowest BCUT2D eigenvalue weighted by Crippen LogP contribution is -2.14. The molecule has 0 aliphatic rings. The molecule has 0 saturated heterocycles. The smallest absolute Gasteiger partial charge is 0.278 e. The maximum Gasteiger partial charge on any atom is 0.278 e. The van der Waals surface area contributed by atoms with Gasteiger partial charge in [0.15, 0.2) is 0 Å². The Morgan fingerprint density at radius 2 is 2.16 bits per heavy atom. The molecule has 0 aromatic rings. The summed E-state index contributed by atoms with van der Waals surface area (Å²) in [7, 11) is 0. The van der Waals surface area contributed by atoms with Crippen molar-refractivity contribution in [2.75, 3.05) is 6.61 Å². The van der Waals surface area contributed by atoms with Gasteiger partial charge >= 0.3 is 0 Å². The number of hydrogen-bond acceptors (Lipinski definition) is 3. The van der Waals surface area contributed by atoms with Crippen molar-refractivity contribution in [2.24, 2.45) is 5.73 Å². The van der Waals surface area contributed by atoms with E-state index in [4.69, 9.17) is 15.9 Å². The second kappa shape index (κ2) is 11.1. The molecule has 0 fully saturated rings. The number of amides is 1. The van der Waals surface area contributed by atoms with Crippen molar-refractivity contribution in [3.05, 3.63) is 36.1 Å². The van der Waals surface area contributed by atoms with Crippen LogP contribution in [0.1, 0.15) is 32.6 Å². The van der Waals surface area contributed by atoms with Gasteiger partial charge in [-0.1, -0.05) is 31.2 Å². The van der Waals surface area contributed by atoms with Crippen LogP contribution in [-0.2, 0) is 9.53 Å². The maximum atomic E-state index is 10.4. The van der Waals surface area contributed by atoms with E-state index in [1.807, 2.05) is 25.2 Å². The third kappa shape index (κ3) is 10.8. The van der Waals surface area contributed by atoms with E-state index in [2.05, 4.69) is 11.9 Å². The zero-order valence-corrected chi connectivity index (χ0v) is 11.4. The Morgan fingerprint density at radius 1 is 1.42 bits per heavy atom. The average molecular weight is 265 g/mol. The molecule has 0 bridgehead atoms. The highest BCUT2D eigenvalue weighted by molar-refractivity contribution is 5.67. The highest BCUT2D eigenvalue weighted by Crippen LogP contribution is 2.08. The summed E-state index contributed by atoms with van der Waals surface area (Å²) in [5.74, 6) is 0. The van der Waals surface area contributed by atoms with Gasteiger partial charge in [0.25, 0.3) is 6.02 Å². The van der Waals surface area contributed by atoms with Crippen LogP contribution < -0.4 is 11.1 Å². The molecule has 0 spiro atoms. The fraction of sp³-hybridized carbons (Fsp3) is 0.429. The van der Waals surface area contributed by atoms with Crippen LogP contribution in [0.2, 0.25) is 0 Å². The molecular formula is C14H23N3O2. The molecule has 5 heteroatoms. The van der Waals surface area contributed by atoms with Crippen molar-refractivity contribution >= 4 is 12.4 Å². The molecule has 4 N–H and O–H groups in total. The van der Waals surface area contributed by atoms with E-state index >= 15 is 0 Å². The van der Waals surface area contributed by atoms with E-state index in [0.29, 0.717) is 13.0 Å². The highest BCUT2D eigenvalue weighted by Gasteiger charge is 1.94. The Bertz CT molecular complexity index is 360. The monoisotopic (exact) mass is 265 g/mol. The minimum absolute atomic E-state index is 0.243. The van der Waals surface area contributed by atoms with Crippen molar-refractivity contribution < 1.29 is 9.53 Å².